The fourth-order valence-electron chi connectivity index (χ4n) is 1.70. The van der Waals surface area contributed by atoms with E-state index in [1.165, 1.54) is 0 Å². The van der Waals surface area contributed by atoms with E-state index in [1.807, 2.05) is 32.0 Å². The highest BCUT2D eigenvalue weighted by Gasteiger charge is 2.26. The highest BCUT2D eigenvalue weighted by Crippen LogP contribution is 2.23. The van der Waals surface area contributed by atoms with Crippen LogP contribution >= 0.6 is 0 Å². The number of carboxylic acid groups (broad SMARTS) is 1. The maximum Gasteiger partial charge on any atom is 0.309 e. The Labute approximate surface area is 114 Å². The van der Waals surface area contributed by atoms with Crippen LogP contribution in [0.15, 0.2) is 18.2 Å². The standard InChI is InChI=1S/C15H23NO3/c1-5-19-13-7-6-12(10-11(13)2)16-9-8-15(3,4)14(17)18/h6-7,10,16H,5,8-9H2,1-4H3,(H,17,18). The molecule has 0 saturated heterocycles. The summed E-state index contributed by atoms with van der Waals surface area (Å²) in [7, 11) is 0. The molecule has 0 radical (unpaired) electrons. The number of hydrogen-bond acceptors (Lipinski definition) is 3. The van der Waals surface area contributed by atoms with Crippen molar-refractivity contribution in [3.63, 3.8) is 0 Å². The highest BCUT2D eigenvalue weighted by atomic mass is 16.5. The average molecular weight is 265 g/mol. The molecule has 0 heterocycles. The largest absolute Gasteiger partial charge is 0.494 e. The molecule has 1 aromatic rings. The Hall–Kier alpha value is -1.71. The maximum absolute atomic E-state index is 11.0. The van der Waals surface area contributed by atoms with Gasteiger partial charge in [-0.2, -0.15) is 0 Å². The van der Waals surface area contributed by atoms with Crippen LogP contribution in [0.25, 0.3) is 0 Å². The van der Waals surface area contributed by atoms with Gasteiger partial charge in [-0.05, 0) is 57.9 Å². The Morgan fingerprint density at radius 2 is 2.11 bits per heavy atom. The van der Waals surface area contributed by atoms with E-state index < -0.39 is 11.4 Å². The Kier molecular flexibility index (Phi) is 5.21. The van der Waals surface area contributed by atoms with Crippen molar-refractivity contribution in [3.05, 3.63) is 23.8 Å². The van der Waals surface area contributed by atoms with Crippen molar-refractivity contribution in [2.45, 2.75) is 34.1 Å². The van der Waals surface area contributed by atoms with E-state index in [0.29, 0.717) is 19.6 Å². The van der Waals surface area contributed by atoms with Gasteiger partial charge in [-0.1, -0.05) is 0 Å². The van der Waals surface area contributed by atoms with Gasteiger partial charge in [-0.3, -0.25) is 4.79 Å². The molecule has 0 atom stereocenters. The molecule has 2 N–H and O–H groups in total. The summed E-state index contributed by atoms with van der Waals surface area (Å²) < 4.78 is 5.48. The van der Waals surface area contributed by atoms with Crippen molar-refractivity contribution >= 4 is 11.7 Å². The zero-order valence-corrected chi connectivity index (χ0v) is 12.1. The number of anilines is 1. The maximum atomic E-state index is 11.0. The third-order valence-corrected chi connectivity index (χ3v) is 3.13. The first-order chi connectivity index (χ1) is 8.86. The summed E-state index contributed by atoms with van der Waals surface area (Å²) in [6.07, 6.45) is 0.578. The molecule has 4 nitrogen and oxygen atoms in total. The molecule has 0 aliphatic heterocycles. The monoisotopic (exact) mass is 265 g/mol. The molecule has 0 aliphatic carbocycles. The van der Waals surface area contributed by atoms with Gasteiger partial charge in [0.25, 0.3) is 0 Å². The number of carbonyl (C=O) groups is 1. The van der Waals surface area contributed by atoms with Crippen LogP contribution < -0.4 is 10.1 Å². The lowest BCUT2D eigenvalue weighted by Crippen LogP contribution is -2.26. The molecule has 19 heavy (non-hydrogen) atoms. The summed E-state index contributed by atoms with van der Waals surface area (Å²) in [6.45, 7) is 8.71. The van der Waals surface area contributed by atoms with E-state index in [4.69, 9.17) is 9.84 Å². The van der Waals surface area contributed by atoms with E-state index in [1.54, 1.807) is 13.8 Å². The Balaban J connectivity index is 2.55. The predicted octanol–water partition coefficient (Wildman–Crippen LogP) is 3.31. The van der Waals surface area contributed by atoms with Gasteiger partial charge >= 0.3 is 5.97 Å². The molecule has 0 spiro atoms. The van der Waals surface area contributed by atoms with Gasteiger partial charge in [0.05, 0.1) is 12.0 Å². The van der Waals surface area contributed by atoms with Crippen LogP contribution in [-0.4, -0.2) is 24.2 Å². The normalized spacial score (nSPS) is 11.2. The van der Waals surface area contributed by atoms with Crippen molar-refractivity contribution < 1.29 is 14.6 Å². The molecular formula is C15H23NO3. The first-order valence-corrected chi connectivity index (χ1v) is 6.57. The van der Waals surface area contributed by atoms with Gasteiger partial charge in [0.1, 0.15) is 5.75 Å². The molecule has 106 valence electrons. The summed E-state index contributed by atoms with van der Waals surface area (Å²) in [6, 6.07) is 5.90. The minimum Gasteiger partial charge on any atom is -0.494 e. The second kappa shape index (κ2) is 6.45. The lowest BCUT2D eigenvalue weighted by molar-refractivity contribution is -0.147. The zero-order chi connectivity index (χ0) is 14.5. The van der Waals surface area contributed by atoms with Crippen LogP contribution in [0.4, 0.5) is 5.69 Å². The summed E-state index contributed by atoms with van der Waals surface area (Å²) in [5.74, 6) is 0.121. The first kappa shape index (κ1) is 15.3. The van der Waals surface area contributed by atoms with Gasteiger partial charge in [-0.25, -0.2) is 0 Å². The van der Waals surface area contributed by atoms with Crippen LogP contribution in [0.2, 0.25) is 0 Å². The third-order valence-electron chi connectivity index (χ3n) is 3.13. The SMILES string of the molecule is CCOc1ccc(NCCC(C)(C)C(=O)O)cc1C. The third kappa shape index (κ3) is 4.47. The second-order valence-electron chi connectivity index (χ2n) is 5.28. The molecule has 0 aliphatic rings. The number of benzene rings is 1. The van der Waals surface area contributed by atoms with Crippen molar-refractivity contribution in [2.24, 2.45) is 5.41 Å². The highest BCUT2D eigenvalue weighted by molar-refractivity contribution is 5.73. The molecule has 0 unspecified atom stereocenters. The molecule has 0 aromatic heterocycles. The number of ether oxygens (including phenoxy) is 1. The minimum atomic E-state index is -0.767. The second-order valence-corrected chi connectivity index (χ2v) is 5.28. The number of hydrogen-bond donors (Lipinski definition) is 2. The average Bonchev–Trinajstić information content (AvgIpc) is 2.32. The molecule has 4 heteroatoms. The predicted molar refractivity (Wildman–Crippen MR) is 76.9 cm³/mol. The van der Waals surface area contributed by atoms with E-state index in [9.17, 15) is 4.79 Å². The van der Waals surface area contributed by atoms with Crippen LogP contribution in [0.3, 0.4) is 0 Å². The lowest BCUT2D eigenvalue weighted by atomic mass is 9.90. The Morgan fingerprint density at radius 3 is 2.63 bits per heavy atom. The number of rotatable bonds is 7. The van der Waals surface area contributed by atoms with E-state index >= 15 is 0 Å². The molecule has 1 aromatic carbocycles. The van der Waals surface area contributed by atoms with Crippen molar-refractivity contribution in [3.8, 4) is 5.75 Å². The van der Waals surface area contributed by atoms with Crippen LogP contribution in [0.1, 0.15) is 32.8 Å². The van der Waals surface area contributed by atoms with Crippen molar-refractivity contribution in [1.82, 2.24) is 0 Å². The van der Waals surface area contributed by atoms with Crippen LogP contribution in [0, 0.1) is 12.3 Å². The van der Waals surface area contributed by atoms with Gasteiger partial charge in [0, 0.05) is 12.2 Å². The molecule has 0 fully saturated rings. The topological polar surface area (TPSA) is 58.6 Å². The summed E-state index contributed by atoms with van der Waals surface area (Å²) in [5, 5.41) is 12.3. The molecule has 1 rings (SSSR count). The molecule has 0 amide bonds. The zero-order valence-electron chi connectivity index (χ0n) is 12.1. The van der Waals surface area contributed by atoms with Crippen LogP contribution in [-0.2, 0) is 4.79 Å². The first-order valence-electron chi connectivity index (χ1n) is 6.57. The van der Waals surface area contributed by atoms with Gasteiger partial charge < -0.3 is 15.2 Å². The number of aryl methyl sites for hydroxylation is 1. The van der Waals surface area contributed by atoms with Gasteiger partial charge in [0.15, 0.2) is 0 Å². The van der Waals surface area contributed by atoms with Crippen molar-refractivity contribution in [1.29, 1.82) is 0 Å². The molecule has 0 bridgehead atoms. The van der Waals surface area contributed by atoms with Crippen molar-refractivity contribution in [2.75, 3.05) is 18.5 Å². The molecule has 0 saturated carbocycles. The number of aliphatic carboxylic acids is 1. The van der Waals surface area contributed by atoms with E-state index in [-0.39, 0.29) is 0 Å². The fraction of sp³-hybridized carbons (Fsp3) is 0.533. The summed E-state index contributed by atoms with van der Waals surface area (Å²) in [5.41, 5.74) is 1.36. The summed E-state index contributed by atoms with van der Waals surface area (Å²) >= 11 is 0. The minimum absolute atomic E-state index is 0.578. The van der Waals surface area contributed by atoms with E-state index in [2.05, 4.69) is 5.32 Å². The molecular weight excluding hydrogens is 242 g/mol. The lowest BCUT2D eigenvalue weighted by Gasteiger charge is -2.19. The van der Waals surface area contributed by atoms with Crippen LogP contribution in [0.5, 0.6) is 5.75 Å². The summed E-state index contributed by atoms with van der Waals surface area (Å²) in [4.78, 5) is 11.0. The van der Waals surface area contributed by atoms with E-state index in [0.717, 1.165) is 17.0 Å². The number of nitrogens with one attached hydrogen (secondary N) is 1. The van der Waals surface area contributed by atoms with Gasteiger partial charge in [0.2, 0.25) is 0 Å². The number of carboxylic acids is 1. The fourth-order valence-corrected chi connectivity index (χ4v) is 1.70. The Bertz CT molecular complexity index is 441. The Morgan fingerprint density at radius 1 is 1.42 bits per heavy atom. The van der Waals surface area contributed by atoms with Gasteiger partial charge in [-0.15, -0.1) is 0 Å². The smallest absolute Gasteiger partial charge is 0.309 e. The quantitative estimate of drug-likeness (QED) is 0.794.